The summed E-state index contributed by atoms with van der Waals surface area (Å²) in [6.07, 6.45) is 1.95. The van der Waals surface area contributed by atoms with Gasteiger partial charge in [0.1, 0.15) is 5.75 Å². The van der Waals surface area contributed by atoms with Crippen molar-refractivity contribution in [2.24, 2.45) is 0 Å². The molecule has 0 heterocycles. The van der Waals surface area contributed by atoms with Gasteiger partial charge in [0.2, 0.25) is 0 Å². The molecule has 1 nitrogen and oxygen atoms in total. The van der Waals surface area contributed by atoms with Crippen molar-refractivity contribution in [2.75, 3.05) is 0 Å². The summed E-state index contributed by atoms with van der Waals surface area (Å²) in [5, 5.41) is 10.0. The fraction of sp³-hybridized carbons (Fsp3) is 0.200. The lowest BCUT2D eigenvalue weighted by molar-refractivity contribution is 0.474. The van der Waals surface area contributed by atoms with E-state index < -0.39 is 0 Å². The van der Waals surface area contributed by atoms with Crippen molar-refractivity contribution < 1.29 is 5.11 Å². The van der Waals surface area contributed by atoms with Crippen LogP contribution in [0.3, 0.4) is 0 Å². The van der Waals surface area contributed by atoms with Crippen molar-refractivity contribution in [1.82, 2.24) is 0 Å². The van der Waals surface area contributed by atoms with Crippen LogP contribution >= 0.6 is 0 Å². The maximum Gasteiger partial charge on any atom is 0.115 e. The molecule has 0 aliphatic heterocycles. The highest BCUT2D eigenvalue weighted by molar-refractivity contribution is 6.00. The average molecular weight is 340 g/mol. The molecular weight excluding hydrogens is 316 g/mol. The van der Waals surface area contributed by atoms with Gasteiger partial charge in [-0.2, -0.15) is 0 Å². The molecule has 0 atom stereocenters. The first kappa shape index (κ1) is 16.7. The maximum atomic E-state index is 10.0. The molecule has 0 unspecified atom stereocenters. The summed E-state index contributed by atoms with van der Waals surface area (Å²) in [6, 6.07) is 21.3. The van der Waals surface area contributed by atoms with E-state index in [9.17, 15) is 5.11 Å². The van der Waals surface area contributed by atoms with Gasteiger partial charge in [-0.15, -0.1) is 0 Å². The van der Waals surface area contributed by atoms with Crippen molar-refractivity contribution in [2.45, 2.75) is 33.6 Å². The molecule has 4 rings (SSSR count). The highest BCUT2D eigenvalue weighted by atomic mass is 16.3. The molecule has 1 heteroatoms. The molecule has 1 aliphatic carbocycles. The first-order valence-corrected chi connectivity index (χ1v) is 9.23. The van der Waals surface area contributed by atoms with Crippen LogP contribution in [0.15, 0.2) is 60.7 Å². The summed E-state index contributed by atoms with van der Waals surface area (Å²) in [4.78, 5) is 0. The number of allylic oxidation sites excluding steroid dienone is 1. The highest BCUT2D eigenvalue weighted by Gasteiger charge is 2.21. The SMILES string of the molecule is C/C(=C1/c2ccc(C)cc2CCc2cc(O)ccc21)c1cccc(C)c1. The Hall–Kier alpha value is -2.80. The molecule has 0 bridgehead atoms. The van der Waals surface area contributed by atoms with E-state index in [1.54, 1.807) is 0 Å². The lowest BCUT2D eigenvalue weighted by Crippen LogP contribution is -1.97. The van der Waals surface area contributed by atoms with E-state index in [0.29, 0.717) is 5.75 Å². The van der Waals surface area contributed by atoms with Crippen molar-refractivity contribution in [3.8, 4) is 5.75 Å². The molecule has 3 aromatic rings. The van der Waals surface area contributed by atoms with Crippen LogP contribution in [0, 0.1) is 13.8 Å². The zero-order valence-electron chi connectivity index (χ0n) is 15.6. The number of phenolic OH excluding ortho intramolecular Hbond substituents is 1. The Morgan fingerprint density at radius 3 is 2.15 bits per heavy atom. The van der Waals surface area contributed by atoms with Gasteiger partial charge in [-0.25, -0.2) is 0 Å². The Morgan fingerprint density at radius 1 is 0.769 bits per heavy atom. The monoisotopic (exact) mass is 340 g/mol. The molecule has 1 N–H and O–H groups in total. The summed E-state index contributed by atoms with van der Waals surface area (Å²) in [7, 11) is 0. The summed E-state index contributed by atoms with van der Waals surface area (Å²) < 4.78 is 0. The molecule has 130 valence electrons. The highest BCUT2D eigenvalue weighted by Crippen LogP contribution is 2.39. The smallest absolute Gasteiger partial charge is 0.115 e. The molecule has 1 aliphatic rings. The van der Waals surface area contributed by atoms with Gasteiger partial charge in [0.05, 0.1) is 0 Å². The lowest BCUT2D eigenvalue weighted by atomic mass is 9.87. The van der Waals surface area contributed by atoms with Crippen molar-refractivity contribution >= 4 is 11.1 Å². The molecule has 0 saturated carbocycles. The summed E-state index contributed by atoms with van der Waals surface area (Å²) in [5.74, 6) is 0.346. The number of hydrogen-bond acceptors (Lipinski definition) is 1. The topological polar surface area (TPSA) is 20.2 Å². The summed E-state index contributed by atoms with van der Waals surface area (Å²) >= 11 is 0. The van der Waals surface area contributed by atoms with E-state index in [4.69, 9.17) is 0 Å². The second-order valence-corrected chi connectivity index (χ2v) is 7.37. The summed E-state index contributed by atoms with van der Waals surface area (Å²) in [5.41, 5.74) is 11.6. The number of phenols is 1. The molecule has 3 aromatic carbocycles. The van der Waals surface area contributed by atoms with Crippen LogP contribution in [0.4, 0.5) is 0 Å². The van der Waals surface area contributed by atoms with Crippen LogP contribution in [0.5, 0.6) is 5.75 Å². The minimum absolute atomic E-state index is 0.346. The van der Waals surface area contributed by atoms with Crippen molar-refractivity contribution in [3.05, 3.63) is 99.6 Å². The number of aromatic hydroxyl groups is 1. The molecule has 0 spiro atoms. The third-order valence-corrected chi connectivity index (χ3v) is 5.38. The Balaban J connectivity index is 2.05. The molecular formula is C25H24O. The van der Waals surface area contributed by atoms with Crippen molar-refractivity contribution in [3.63, 3.8) is 0 Å². The minimum atomic E-state index is 0.346. The number of rotatable bonds is 1. The second-order valence-electron chi connectivity index (χ2n) is 7.37. The molecule has 0 radical (unpaired) electrons. The molecule has 26 heavy (non-hydrogen) atoms. The van der Waals surface area contributed by atoms with Gasteiger partial charge in [0, 0.05) is 0 Å². The Kier molecular flexibility index (Phi) is 4.16. The van der Waals surface area contributed by atoms with Gasteiger partial charge in [0.25, 0.3) is 0 Å². The third kappa shape index (κ3) is 2.94. The fourth-order valence-corrected chi connectivity index (χ4v) is 4.05. The van der Waals surface area contributed by atoms with E-state index in [0.717, 1.165) is 12.8 Å². The van der Waals surface area contributed by atoms with E-state index in [1.165, 1.54) is 50.1 Å². The maximum absolute atomic E-state index is 10.0. The van der Waals surface area contributed by atoms with Gasteiger partial charge in [-0.3, -0.25) is 0 Å². The van der Waals surface area contributed by atoms with Crippen molar-refractivity contribution in [1.29, 1.82) is 0 Å². The first-order chi connectivity index (χ1) is 12.5. The largest absolute Gasteiger partial charge is 0.508 e. The lowest BCUT2D eigenvalue weighted by Gasteiger charge is -2.17. The third-order valence-electron chi connectivity index (χ3n) is 5.38. The van der Waals surface area contributed by atoms with Crippen LogP contribution in [0.1, 0.15) is 45.9 Å². The standard InChI is InChI=1S/C25H24O/c1-16-5-4-6-19(13-16)18(3)25-23-11-7-17(2)14-20(23)8-9-21-15-22(26)10-12-24(21)25/h4-7,10-15,26H,8-9H2,1-3H3/b25-18+. The quantitative estimate of drug-likeness (QED) is 0.568. The van der Waals surface area contributed by atoms with Gasteiger partial charge >= 0.3 is 0 Å². The molecule has 0 aromatic heterocycles. The Bertz CT molecular complexity index is 969. The van der Waals surface area contributed by atoms with E-state index >= 15 is 0 Å². The number of hydrogen-bond donors (Lipinski definition) is 1. The van der Waals surface area contributed by atoms with Crippen LogP contribution in [0.25, 0.3) is 11.1 Å². The van der Waals surface area contributed by atoms with Gasteiger partial charge in [-0.1, -0.05) is 59.7 Å². The van der Waals surface area contributed by atoms with E-state index in [2.05, 4.69) is 69.3 Å². The Morgan fingerprint density at radius 2 is 1.42 bits per heavy atom. The molecule has 0 fully saturated rings. The van der Waals surface area contributed by atoms with Crippen LogP contribution in [-0.4, -0.2) is 5.11 Å². The van der Waals surface area contributed by atoms with Crippen LogP contribution in [0.2, 0.25) is 0 Å². The van der Waals surface area contributed by atoms with Crippen LogP contribution in [-0.2, 0) is 12.8 Å². The zero-order chi connectivity index (χ0) is 18.3. The van der Waals surface area contributed by atoms with E-state index in [-0.39, 0.29) is 0 Å². The number of fused-ring (bicyclic) bond motifs is 2. The van der Waals surface area contributed by atoms with Gasteiger partial charge in [0.15, 0.2) is 0 Å². The fourth-order valence-electron chi connectivity index (χ4n) is 4.05. The minimum Gasteiger partial charge on any atom is -0.508 e. The molecule has 0 amide bonds. The van der Waals surface area contributed by atoms with E-state index in [1.807, 2.05) is 12.1 Å². The zero-order valence-corrected chi connectivity index (χ0v) is 15.6. The van der Waals surface area contributed by atoms with Gasteiger partial charge < -0.3 is 5.11 Å². The predicted octanol–water partition coefficient (Wildman–Crippen LogP) is 6.09. The Labute approximate surface area is 155 Å². The average Bonchev–Trinajstić information content (AvgIpc) is 2.77. The van der Waals surface area contributed by atoms with Gasteiger partial charge in [-0.05, 0) is 84.7 Å². The van der Waals surface area contributed by atoms with Crippen LogP contribution < -0.4 is 0 Å². The second kappa shape index (κ2) is 6.49. The number of aryl methyl sites for hydroxylation is 4. The number of benzene rings is 3. The normalized spacial score (nSPS) is 15.0. The summed E-state index contributed by atoms with van der Waals surface area (Å²) in [6.45, 7) is 6.51. The predicted molar refractivity (Wildman–Crippen MR) is 109 cm³/mol. The molecule has 0 saturated heterocycles. The first-order valence-electron chi connectivity index (χ1n) is 9.23.